The van der Waals surface area contributed by atoms with Gasteiger partial charge in [0.05, 0.1) is 0 Å². The van der Waals surface area contributed by atoms with E-state index in [1.54, 1.807) is 0 Å². The molecule has 0 bridgehead atoms. The highest BCUT2D eigenvalue weighted by atomic mass is 16.6. The maximum absolute atomic E-state index is 12.7. The van der Waals surface area contributed by atoms with Crippen LogP contribution < -0.4 is 0 Å². The number of rotatable bonds is 46. The molecule has 57 heavy (non-hydrogen) atoms. The first-order valence-electron chi connectivity index (χ1n) is 25.4. The summed E-state index contributed by atoms with van der Waals surface area (Å²) in [5.74, 6) is -0.00640. The van der Waals surface area contributed by atoms with Crippen molar-refractivity contribution >= 4 is 17.9 Å². The highest BCUT2D eigenvalue weighted by Gasteiger charge is 2.19. The fraction of sp³-hybridized carbons (Fsp3) is 0.941. The molecule has 338 valence electrons. The molecule has 6 nitrogen and oxygen atoms in total. The molecule has 0 aliphatic rings. The molecule has 0 aromatic rings. The number of unbranched alkanes of at least 4 members (excludes halogenated alkanes) is 33. The van der Waals surface area contributed by atoms with Crippen molar-refractivity contribution in [3.05, 3.63) is 0 Å². The molecule has 0 aromatic carbocycles. The molecule has 0 amide bonds. The van der Waals surface area contributed by atoms with Gasteiger partial charge in [0.2, 0.25) is 0 Å². The largest absolute Gasteiger partial charge is 0.462 e. The molecular formula is C51H98O6. The van der Waals surface area contributed by atoms with E-state index < -0.39 is 6.10 Å². The molecule has 0 saturated heterocycles. The van der Waals surface area contributed by atoms with Crippen LogP contribution in [0.15, 0.2) is 0 Å². The molecule has 0 fully saturated rings. The third kappa shape index (κ3) is 45.3. The van der Waals surface area contributed by atoms with Crippen molar-refractivity contribution in [2.45, 2.75) is 291 Å². The first-order chi connectivity index (χ1) is 27.9. The Hall–Kier alpha value is -1.59. The first-order valence-corrected chi connectivity index (χ1v) is 25.4. The smallest absolute Gasteiger partial charge is 0.306 e. The summed E-state index contributed by atoms with van der Waals surface area (Å²) in [6.45, 7) is 9.02. The van der Waals surface area contributed by atoms with Crippen LogP contribution in [-0.2, 0) is 28.6 Å². The number of carbonyl (C=O) groups is 3. The summed E-state index contributed by atoms with van der Waals surface area (Å²) in [5.41, 5.74) is 0. The van der Waals surface area contributed by atoms with Gasteiger partial charge in [0.1, 0.15) is 13.2 Å². The monoisotopic (exact) mass is 807 g/mol. The predicted octanol–water partition coefficient (Wildman–Crippen LogP) is 16.3. The van der Waals surface area contributed by atoms with Crippen molar-refractivity contribution < 1.29 is 28.6 Å². The third-order valence-electron chi connectivity index (χ3n) is 11.5. The number of hydrogen-bond acceptors (Lipinski definition) is 6. The highest BCUT2D eigenvalue weighted by Crippen LogP contribution is 2.17. The van der Waals surface area contributed by atoms with E-state index >= 15 is 0 Å². The van der Waals surface area contributed by atoms with Crippen LogP contribution in [-0.4, -0.2) is 37.2 Å². The molecule has 0 heterocycles. The van der Waals surface area contributed by atoms with Crippen LogP contribution in [0.25, 0.3) is 0 Å². The van der Waals surface area contributed by atoms with Crippen molar-refractivity contribution in [3.63, 3.8) is 0 Å². The van der Waals surface area contributed by atoms with Crippen molar-refractivity contribution in [3.8, 4) is 0 Å². The van der Waals surface area contributed by atoms with E-state index in [0.717, 1.165) is 63.7 Å². The summed E-state index contributed by atoms with van der Waals surface area (Å²) >= 11 is 0. The Labute approximate surface area is 355 Å². The Balaban J connectivity index is 4.28. The van der Waals surface area contributed by atoms with E-state index in [2.05, 4.69) is 27.7 Å². The quantitative estimate of drug-likeness (QED) is 0.0346. The maximum Gasteiger partial charge on any atom is 0.306 e. The van der Waals surface area contributed by atoms with Crippen LogP contribution in [0.4, 0.5) is 0 Å². The lowest BCUT2D eigenvalue weighted by molar-refractivity contribution is -0.167. The lowest BCUT2D eigenvalue weighted by Gasteiger charge is -2.18. The Morgan fingerprint density at radius 3 is 0.860 bits per heavy atom. The lowest BCUT2D eigenvalue weighted by Crippen LogP contribution is -2.30. The minimum Gasteiger partial charge on any atom is -0.462 e. The van der Waals surface area contributed by atoms with Crippen LogP contribution in [0.5, 0.6) is 0 Å². The van der Waals surface area contributed by atoms with Gasteiger partial charge in [0.15, 0.2) is 6.10 Å². The molecule has 0 aromatic heterocycles. The molecule has 0 saturated carbocycles. The van der Waals surface area contributed by atoms with E-state index in [9.17, 15) is 14.4 Å². The summed E-state index contributed by atoms with van der Waals surface area (Å²) in [7, 11) is 0. The zero-order valence-electron chi connectivity index (χ0n) is 38.8. The minimum atomic E-state index is -0.759. The summed E-state index contributed by atoms with van der Waals surface area (Å²) in [4.78, 5) is 37.9. The molecule has 0 rings (SSSR count). The predicted molar refractivity (Wildman–Crippen MR) is 243 cm³/mol. The van der Waals surface area contributed by atoms with Gasteiger partial charge in [-0.25, -0.2) is 0 Å². The molecule has 0 aliphatic carbocycles. The molecule has 1 atom stereocenters. The first kappa shape index (κ1) is 55.4. The summed E-state index contributed by atoms with van der Waals surface area (Å²) in [6.07, 6.45) is 46.5. The van der Waals surface area contributed by atoms with Crippen molar-refractivity contribution in [1.82, 2.24) is 0 Å². The Kier molecular flexibility index (Phi) is 44.2. The Morgan fingerprint density at radius 2 is 0.579 bits per heavy atom. The zero-order chi connectivity index (χ0) is 41.7. The van der Waals surface area contributed by atoms with E-state index in [1.807, 2.05) is 0 Å². The number of hydrogen-bond donors (Lipinski definition) is 0. The van der Waals surface area contributed by atoms with Crippen LogP contribution in [0.2, 0.25) is 0 Å². The van der Waals surface area contributed by atoms with Gasteiger partial charge in [0, 0.05) is 19.3 Å². The number of esters is 3. The number of carbonyl (C=O) groups excluding carboxylic acids is 3. The van der Waals surface area contributed by atoms with Gasteiger partial charge in [-0.1, -0.05) is 246 Å². The van der Waals surface area contributed by atoms with Gasteiger partial charge in [-0.05, 0) is 25.2 Å². The third-order valence-corrected chi connectivity index (χ3v) is 11.5. The van der Waals surface area contributed by atoms with Crippen molar-refractivity contribution in [2.24, 2.45) is 5.92 Å². The Morgan fingerprint density at radius 1 is 0.333 bits per heavy atom. The van der Waals surface area contributed by atoms with Crippen LogP contribution in [0, 0.1) is 5.92 Å². The van der Waals surface area contributed by atoms with Gasteiger partial charge in [0.25, 0.3) is 0 Å². The van der Waals surface area contributed by atoms with E-state index in [0.29, 0.717) is 19.3 Å². The van der Waals surface area contributed by atoms with Gasteiger partial charge in [-0.3, -0.25) is 14.4 Å². The maximum atomic E-state index is 12.7. The molecule has 0 spiro atoms. The molecule has 6 heteroatoms. The minimum absolute atomic E-state index is 0.0628. The fourth-order valence-corrected chi connectivity index (χ4v) is 7.69. The van der Waals surface area contributed by atoms with Gasteiger partial charge >= 0.3 is 17.9 Å². The molecule has 0 unspecified atom stereocenters. The van der Waals surface area contributed by atoms with Crippen molar-refractivity contribution in [1.29, 1.82) is 0 Å². The molecular weight excluding hydrogens is 709 g/mol. The average molecular weight is 807 g/mol. The second-order valence-corrected chi connectivity index (χ2v) is 17.9. The summed E-state index contributed by atoms with van der Waals surface area (Å²) in [6, 6.07) is 0. The molecule has 0 N–H and O–H groups in total. The number of ether oxygens (including phenoxy) is 3. The normalized spacial score (nSPS) is 11.9. The molecule has 0 aliphatic heterocycles. The van der Waals surface area contributed by atoms with E-state index in [1.165, 1.54) is 180 Å². The van der Waals surface area contributed by atoms with Gasteiger partial charge < -0.3 is 14.2 Å². The standard InChI is InChI=1S/C51H98O6/c1-5-7-9-11-13-15-17-23-28-32-36-40-44-51(54)57-48(45-55-49(52)42-38-34-30-26-21-16-14-12-10-8-6-2)46-56-50(53)43-39-35-31-27-24-20-18-19-22-25-29-33-37-41-47(3)4/h47-48H,5-46H2,1-4H3/t48-/m1/s1. The van der Waals surface area contributed by atoms with Crippen LogP contribution in [0.1, 0.15) is 285 Å². The van der Waals surface area contributed by atoms with Gasteiger partial charge in [-0.2, -0.15) is 0 Å². The lowest BCUT2D eigenvalue weighted by atomic mass is 10.0. The van der Waals surface area contributed by atoms with Gasteiger partial charge in [-0.15, -0.1) is 0 Å². The molecule has 0 radical (unpaired) electrons. The topological polar surface area (TPSA) is 78.9 Å². The van der Waals surface area contributed by atoms with Crippen LogP contribution >= 0.6 is 0 Å². The second-order valence-electron chi connectivity index (χ2n) is 17.9. The average Bonchev–Trinajstić information content (AvgIpc) is 3.19. The van der Waals surface area contributed by atoms with Crippen molar-refractivity contribution in [2.75, 3.05) is 13.2 Å². The fourth-order valence-electron chi connectivity index (χ4n) is 7.69. The SMILES string of the molecule is CCCCCCCCCCCCCCC(=O)O[C@H](COC(=O)CCCCCCCCCCCCC)COC(=O)CCCCCCCCCCCCCCCC(C)C. The second kappa shape index (κ2) is 45.5. The van der Waals surface area contributed by atoms with Crippen LogP contribution in [0.3, 0.4) is 0 Å². The summed E-state index contributed by atoms with van der Waals surface area (Å²) < 4.78 is 16.8. The zero-order valence-corrected chi connectivity index (χ0v) is 38.8. The Bertz CT molecular complexity index is 857. The highest BCUT2D eigenvalue weighted by molar-refractivity contribution is 5.71. The summed E-state index contributed by atoms with van der Waals surface area (Å²) in [5, 5.41) is 0. The van der Waals surface area contributed by atoms with E-state index in [-0.39, 0.29) is 31.1 Å². The van der Waals surface area contributed by atoms with E-state index in [4.69, 9.17) is 14.2 Å².